The molecule has 4 aliphatic heterocycles. The molecule has 4 aliphatic rings. The third-order valence-corrected chi connectivity index (χ3v) is 11.5. The van der Waals surface area contributed by atoms with Crippen molar-refractivity contribution in [3.8, 4) is 0 Å². The highest BCUT2D eigenvalue weighted by Crippen LogP contribution is 2.31. The van der Waals surface area contributed by atoms with E-state index in [1.54, 1.807) is 24.3 Å². The Morgan fingerprint density at radius 1 is 0.452 bits per heavy atom. The lowest BCUT2D eigenvalue weighted by Gasteiger charge is -2.26. The quantitative estimate of drug-likeness (QED) is 0.236. The second-order valence-electron chi connectivity index (χ2n) is 10.9. The molecule has 0 amide bonds. The second-order valence-corrected chi connectivity index (χ2v) is 14.8. The van der Waals surface area contributed by atoms with Gasteiger partial charge in [0.2, 0.25) is 20.0 Å². The molecule has 5 aromatic carbocycles. The highest BCUT2D eigenvalue weighted by molar-refractivity contribution is 7.89. The molecule has 0 unspecified atom stereocenters. The monoisotopic (exact) mass is 596 g/mol. The molecular weight excluding hydrogens is 565 g/mol. The van der Waals surface area contributed by atoms with Crippen LogP contribution in [-0.2, 0) is 46.2 Å². The molecule has 42 heavy (non-hydrogen) atoms. The summed E-state index contributed by atoms with van der Waals surface area (Å²) in [5.41, 5.74) is 5.33. The first-order valence-corrected chi connectivity index (χ1v) is 16.7. The van der Waals surface area contributed by atoms with Gasteiger partial charge in [0.15, 0.2) is 0 Å². The van der Waals surface area contributed by atoms with Crippen LogP contribution in [0.15, 0.2) is 119 Å². The predicted octanol–water partition coefficient (Wildman–Crippen LogP) is 6.55. The maximum Gasteiger partial charge on any atom is 0.243 e. The lowest BCUT2D eigenvalue weighted by Crippen LogP contribution is -2.31. The van der Waals surface area contributed by atoms with Crippen LogP contribution in [0.1, 0.15) is 33.4 Å². The molecule has 0 aromatic heterocycles. The maximum atomic E-state index is 14.0. The Balaban J connectivity index is 1.49. The average molecular weight is 597 g/mol. The van der Waals surface area contributed by atoms with Gasteiger partial charge in [-0.15, -0.1) is 0 Å². The minimum Gasteiger partial charge on any atom is -0.207 e. The van der Waals surface area contributed by atoms with E-state index in [1.807, 2.05) is 98.8 Å². The SMILES string of the molecule is Cc1ccc(S(=O)(=O)N2Cc3ccc(cc3)CN(S(=O)(=O)c3ccc(C)cc3)Cc3ccc(c4ccccc34)C2)cc1. The molecule has 5 aromatic rings. The molecule has 0 radical (unpaired) electrons. The van der Waals surface area contributed by atoms with E-state index in [-0.39, 0.29) is 36.0 Å². The van der Waals surface area contributed by atoms with Gasteiger partial charge in [0.25, 0.3) is 0 Å². The molecule has 4 heterocycles. The van der Waals surface area contributed by atoms with Crippen molar-refractivity contribution in [2.75, 3.05) is 0 Å². The number of hydrogen-bond donors (Lipinski definition) is 0. The van der Waals surface area contributed by atoms with Crippen molar-refractivity contribution in [1.82, 2.24) is 8.61 Å². The molecule has 0 atom stereocenters. The van der Waals surface area contributed by atoms with Crippen molar-refractivity contribution in [3.63, 3.8) is 0 Å². The van der Waals surface area contributed by atoms with Gasteiger partial charge in [0.05, 0.1) is 9.79 Å². The van der Waals surface area contributed by atoms with Gasteiger partial charge in [-0.05, 0) is 71.1 Å². The van der Waals surface area contributed by atoms with Gasteiger partial charge in [0, 0.05) is 26.2 Å². The number of nitrogens with zero attached hydrogens (tertiary/aromatic N) is 2. The van der Waals surface area contributed by atoms with E-state index in [0.717, 1.165) is 44.2 Å². The summed E-state index contributed by atoms with van der Waals surface area (Å²) in [5.74, 6) is 0. The van der Waals surface area contributed by atoms with Crippen LogP contribution in [-0.4, -0.2) is 25.4 Å². The molecule has 8 heteroatoms. The minimum absolute atomic E-state index is 0.171. The molecule has 9 rings (SSSR count). The lowest BCUT2D eigenvalue weighted by molar-refractivity contribution is 0.397. The zero-order valence-corrected chi connectivity index (χ0v) is 25.2. The fourth-order valence-electron chi connectivity index (χ4n) is 5.41. The van der Waals surface area contributed by atoms with Crippen LogP contribution in [0, 0.1) is 13.8 Å². The number of rotatable bonds is 4. The average Bonchev–Trinajstić information content (AvgIpc) is 2.98. The third-order valence-electron chi connectivity index (χ3n) is 7.86. The van der Waals surface area contributed by atoms with Crippen LogP contribution in [0.25, 0.3) is 10.8 Å². The first-order valence-electron chi connectivity index (χ1n) is 13.8. The molecule has 214 valence electrons. The normalized spacial score (nSPS) is 15.2. The number of sulfonamides is 2. The standard InChI is InChI=1S/C34H32N2O4S2/c1-25-7-17-31(18-8-25)41(37,38)35-21-27-11-13-28(14-12-27)22-36(42(39,40)32-19-9-26(2)10-20-32)24-30-16-15-29(23-35)33-5-3-4-6-34(30)33/h3-20H,21-24H2,1-2H3. The summed E-state index contributed by atoms with van der Waals surface area (Å²) >= 11 is 0. The summed E-state index contributed by atoms with van der Waals surface area (Å²) in [6.45, 7) is 4.56. The van der Waals surface area contributed by atoms with E-state index in [2.05, 4.69) is 0 Å². The molecule has 4 bridgehead atoms. The molecule has 0 saturated heterocycles. The van der Waals surface area contributed by atoms with Gasteiger partial charge in [-0.3, -0.25) is 0 Å². The summed E-state index contributed by atoms with van der Waals surface area (Å²) < 4.78 is 58.8. The molecule has 0 saturated carbocycles. The number of hydrogen-bond acceptors (Lipinski definition) is 4. The van der Waals surface area contributed by atoms with E-state index in [1.165, 1.54) is 8.61 Å². The van der Waals surface area contributed by atoms with Crippen molar-refractivity contribution in [2.45, 2.75) is 49.8 Å². The number of aryl methyl sites for hydroxylation is 2. The first-order chi connectivity index (χ1) is 20.1. The van der Waals surface area contributed by atoms with E-state index in [0.29, 0.717) is 0 Å². The van der Waals surface area contributed by atoms with Gasteiger partial charge in [0.1, 0.15) is 0 Å². The van der Waals surface area contributed by atoms with Crippen molar-refractivity contribution in [1.29, 1.82) is 0 Å². The molecule has 6 nitrogen and oxygen atoms in total. The van der Waals surface area contributed by atoms with Gasteiger partial charge >= 0.3 is 0 Å². The summed E-state index contributed by atoms with van der Waals surface area (Å²) in [5, 5.41) is 1.80. The summed E-state index contributed by atoms with van der Waals surface area (Å²) in [6.07, 6.45) is 0. The Labute approximate surface area is 248 Å². The van der Waals surface area contributed by atoms with E-state index < -0.39 is 20.0 Å². The van der Waals surface area contributed by atoms with Gasteiger partial charge in [-0.25, -0.2) is 16.8 Å². The molecule has 0 spiro atoms. The number of benzene rings is 5. The largest absolute Gasteiger partial charge is 0.243 e. The van der Waals surface area contributed by atoms with Crippen molar-refractivity contribution < 1.29 is 16.8 Å². The van der Waals surface area contributed by atoms with Crippen molar-refractivity contribution >= 4 is 30.8 Å². The summed E-state index contributed by atoms with van der Waals surface area (Å²) in [4.78, 5) is 0.507. The van der Waals surface area contributed by atoms with Crippen LogP contribution in [0.4, 0.5) is 0 Å². The molecule has 0 fully saturated rings. The highest BCUT2D eigenvalue weighted by atomic mass is 32.2. The van der Waals surface area contributed by atoms with Crippen molar-refractivity contribution in [2.24, 2.45) is 0 Å². The Morgan fingerprint density at radius 3 is 1.17 bits per heavy atom. The van der Waals surface area contributed by atoms with Gasteiger partial charge in [-0.2, -0.15) is 8.61 Å². The summed E-state index contributed by atoms with van der Waals surface area (Å²) in [7, 11) is -7.62. The maximum absolute atomic E-state index is 14.0. The van der Waals surface area contributed by atoms with Crippen LogP contribution in [0.2, 0.25) is 0 Å². The van der Waals surface area contributed by atoms with Crippen LogP contribution >= 0.6 is 0 Å². The van der Waals surface area contributed by atoms with E-state index >= 15 is 0 Å². The smallest absolute Gasteiger partial charge is 0.207 e. The van der Waals surface area contributed by atoms with E-state index in [4.69, 9.17) is 0 Å². The Morgan fingerprint density at radius 2 is 0.810 bits per heavy atom. The Kier molecular flexibility index (Phi) is 7.49. The predicted molar refractivity (Wildman–Crippen MR) is 166 cm³/mol. The van der Waals surface area contributed by atoms with Gasteiger partial charge in [-0.1, -0.05) is 96.1 Å². The summed E-state index contributed by atoms with van der Waals surface area (Å²) in [6, 6.07) is 33.1. The van der Waals surface area contributed by atoms with Crippen LogP contribution in [0.3, 0.4) is 0 Å². The highest BCUT2D eigenvalue weighted by Gasteiger charge is 2.28. The zero-order valence-electron chi connectivity index (χ0n) is 23.6. The van der Waals surface area contributed by atoms with E-state index in [9.17, 15) is 16.8 Å². The van der Waals surface area contributed by atoms with Crippen molar-refractivity contribution in [3.05, 3.63) is 143 Å². The fourth-order valence-corrected chi connectivity index (χ4v) is 8.22. The van der Waals surface area contributed by atoms with Crippen LogP contribution in [0.5, 0.6) is 0 Å². The van der Waals surface area contributed by atoms with Crippen LogP contribution < -0.4 is 0 Å². The third kappa shape index (κ3) is 5.51. The lowest BCUT2D eigenvalue weighted by atomic mass is 9.99. The zero-order chi connectivity index (χ0) is 29.5. The molecule has 0 N–H and O–H groups in total. The topological polar surface area (TPSA) is 74.8 Å². The fraction of sp³-hybridized carbons (Fsp3) is 0.176. The Bertz CT molecular complexity index is 1820. The molecular formula is C34H32N2O4S2. The van der Waals surface area contributed by atoms with Gasteiger partial charge < -0.3 is 0 Å². The second kappa shape index (κ2) is 11.1. The minimum atomic E-state index is -3.81. The molecule has 0 aliphatic carbocycles. The first kappa shape index (κ1) is 28.3. The Hall–Kier alpha value is -3.82.